The van der Waals surface area contributed by atoms with Gasteiger partial charge in [0.15, 0.2) is 0 Å². The van der Waals surface area contributed by atoms with Gasteiger partial charge < -0.3 is 20.8 Å². The van der Waals surface area contributed by atoms with E-state index < -0.39 is 17.5 Å². The van der Waals surface area contributed by atoms with Gasteiger partial charge in [-0.25, -0.2) is 0 Å². The number of anilines is 1. The van der Waals surface area contributed by atoms with E-state index in [-0.39, 0.29) is 31.3 Å². The highest BCUT2D eigenvalue weighted by atomic mass is 16.4. The van der Waals surface area contributed by atoms with Crippen molar-refractivity contribution in [2.75, 3.05) is 11.9 Å². The third kappa shape index (κ3) is 2.66. The Kier molecular flexibility index (Phi) is 3.56. The number of carboxylic acids is 1. The number of benzene rings is 1. The normalized spacial score (nSPS) is 29.2. The number of hydrogen-bond acceptors (Lipinski definition) is 4. The van der Waals surface area contributed by atoms with Gasteiger partial charge in [0.25, 0.3) is 0 Å². The predicted octanol–water partition coefficient (Wildman–Crippen LogP) is 0.674. The molecule has 22 heavy (non-hydrogen) atoms. The summed E-state index contributed by atoms with van der Waals surface area (Å²) in [5, 5.41) is 24.9. The van der Waals surface area contributed by atoms with Crippen LogP contribution in [-0.4, -0.2) is 40.3 Å². The summed E-state index contributed by atoms with van der Waals surface area (Å²) in [5.74, 6) is -1.56. The molecule has 1 aromatic rings. The van der Waals surface area contributed by atoms with E-state index in [1.54, 1.807) is 0 Å². The zero-order valence-corrected chi connectivity index (χ0v) is 12.4. The number of carbonyl (C=O) groups is 2. The molecule has 1 atom stereocenters. The van der Waals surface area contributed by atoms with Crippen LogP contribution < -0.4 is 10.6 Å². The highest BCUT2D eigenvalue weighted by molar-refractivity contribution is 5.87. The van der Waals surface area contributed by atoms with Gasteiger partial charge in [0.05, 0.1) is 11.5 Å². The van der Waals surface area contributed by atoms with Crippen LogP contribution in [0.2, 0.25) is 0 Å². The van der Waals surface area contributed by atoms with Gasteiger partial charge in [0.1, 0.15) is 6.04 Å². The lowest BCUT2D eigenvalue weighted by Gasteiger charge is -2.41. The van der Waals surface area contributed by atoms with Crippen LogP contribution in [0.25, 0.3) is 0 Å². The molecule has 1 fully saturated rings. The molecular weight excluding hydrogens is 284 g/mol. The smallest absolute Gasteiger partial charge is 0.306 e. The minimum absolute atomic E-state index is 0.100. The van der Waals surface area contributed by atoms with E-state index in [4.69, 9.17) is 5.11 Å². The summed E-state index contributed by atoms with van der Waals surface area (Å²) in [5.41, 5.74) is 2.20. The Morgan fingerprint density at radius 2 is 2.14 bits per heavy atom. The molecule has 6 nitrogen and oxygen atoms in total. The third-order valence-corrected chi connectivity index (χ3v) is 4.66. The molecule has 0 radical (unpaired) electrons. The fourth-order valence-corrected chi connectivity index (χ4v) is 3.26. The van der Waals surface area contributed by atoms with E-state index in [1.165, 1.54) is 0 Å². The Morgan fingerprint density at radius 3 is 2.77 bits per heavy atom. The van der Waals surface area contributed by atoms with Crippen molar-refractivity contribution in [3.8, 4) is 0 Å². The van der Waals surface area contributed by atoms with Crippen LogP contribution in [0.3, 0.4) is 0 Å². The molecule has 3 rings (SSSR count). The molecule has 6 heteroatoms. The highest BCUT2D eigenvalue weighted by Crippen LogP contribution is 2.37. The minimum Gasteiger partial charge on any atom is -0.481 e. The predicted molar refractivity (Wildman–Crippen MR) is 80.6 cm³/mol. The van der Waals surface area contributed by atoms with Crippen LogP contribution in [0.1, 0.15) is 24.0 Å². The van der Waals surface area contributed by atoms with Gasteiger partial charge in [0.2, 0.25) is 5.91 Å². The summed E-state index contributed by atoms with van der Waals surface area (Å²) >= 11 is 0. The lowest BCUT2D eigenvalue weighted by atomic mass is 9.71. The molecule has 1 heterocycles. The van der Waals surface area contributed by atoms with Crippen molar-refractivity contribution < 1.29 is 19.8 Å². The van der Waals surface area contributed by atoms with Crippen molar-refractivity contribution in [1.29, 1.82) is 0 Å². The number of carbonyl (C=O) groups excluding carboxylic acids is 1. The van der Waals surface area contributed by atoms with Crippen molar-refractivity contribution in [3.05, 3.63) is 29.3 Å². The number of carboxylic acid groups (broad SMARTS) is 1. The maximum Gasteiger partial charge on any atom is 0.306 e. The third-order valence-electron chi connectivity index (χ3n) is 4.66. The largest absolute Gasteiger partial charge is 0.481 e. The molecule has 0 aromatic heterocycles. The van der Waals surface area contributed by atoms with Gasteiger partial charge in [-0.1, -0.05) is 12.1 Å². The molecule has 1 saturated carbocycles. The number of aryl methyl sites for hydroxylation is 1. The van der Waals surface area contributed by atoms with Crippen molar-refractivity contribution in [2.45, 2.75) is 37.8 Å². The number of aliphatic hydroxyl groups is 1. The first-order valence-electron chi connectivity index (χ1n) is 7.46. The van der Waals surface area contributed by atoms with Crippen LogP contribution in [0.5, 0.6) is 0 Å². The molecule has 0 bridgehead atoms. The fraction of sp³-hybridized carbons (Fsp3) is 0.500. The van der Waals surface area contributed by atoms with E-state index in [0.717, 1.165) is 16.8 Å². The summed E-state index contributed by atoms with van der Waals surface area (Å²) < 4.78 is 0. The Balaban J connectivity index is 1.52. The van der Waals surface area contributed by atoms with E-state index in [0.29, 0.717) is 6.42 Å². The van der Waals surface area contributed by atoms with Crippen molar-refractivity contribution in [2.24, 2.45) is 5.92 Å². The van der Waals surface area contributed by atoms with Gasteiger partial charge in [0, 0.05) is 18.7 Å². The van der Waals surface area contributed by atoms with Crippen molar-refractivity contribution >= 4 is 17.6 Å². The Bertz CT molecular complexity index is 623. The molecule has 0 saturated heterocycles. The van der Waals surface area contributed by atoms with E-state index >= 15 is 0 Å². The fourth-order valence-electron chi connectivity index (χ4n) is 3.26. The lowest BCUT2D eigenvalue weighted by molar-refractivity contribution is -0.158. The minimum atomic E-state index is -1.08. The van der Waals surface area contributed by atoms with Gasteiger partial charge in [-0.05, 0) is 37.0 Å². The monoisotopic (exact) mass is 304 g/mol. The average Bonchev–Trinajstić information content (AvgIpc) is 2.87. The Labute approximate surface area is 128 Å². The zero-order valence-electron chi connectivity index (χ0n) is 12.4. The standard InChI is InChI=1S/C16H20N2O4/c1-9-3-2-4-12-11(9)5-13(18-12)14(19)17-8-16(22)6-10(7-16)15(20)21/h2-4,10,13,18,22H,5-8H2,1H3,(H,17,19)(H,20,21). The molecule has 4 N–H and O–H groups in total. The van der Waals surface area contributed by atoms with Crippen molar-refractivity contribution in [3.63, 3.8) is 0 Å². The molecular formula is C16H20N2O4. The zero-order chi connectivity index (χ0) is 15.9. The van der Waals surface area contributed by atoms with E-state index in [9.17, 15) is 14.7 Å². The van der Waals surface area contributed by atoms with E-state index in [2.05, 4.69) is 10.6 Å². The van der Waals surface area contributed by atoms with Crippen LogP contribution in [0, 0.1) is 12.8 Å². The Morgan fingerprint density at radius 1 is 1.41 bits per heavy atom. The van der Waals surface area contributed by atoms with Crippen LogP contribution >= 0.6 is 0 Å². The molecule has 1 amide bonds. The number of nitrogens with one attached hydrogen (secondary N) is 2. The summed E-state index contributed by atoms with van der Waals surface area (Å²) in [6.45, 7) is 2.12. The van der Waals surface area contributed by atoms with Gasteiger partial charge in [-0.3, -0.25) is 9.59 Å². The van der Waals surface area contributed by atoms with Gasteiger partial charge in [-0.2, -0.15) is 0 Å². The number of hydrogen-bond donors (Lipinski definition) is 4. The van der Waals surface area contributed by atoms with Gasteiger partial charge >= 0.3 is 5.97 Å². The number of fused-ring (bicyclic) bond motifs is 1. The van der Waals surface area contributed by atoms with Crippen LogP contribution in [0.15, 0.2) is 18.2 Å². The molecule has 2 aliphatic rings. The second-order valence-electron chi connectivity index (χ2n) is 6.39. The first-order chi connectivity index (χ1) is 10.4. The molecule has 1 aliphatic carbocycles. The first-order valence-corrected chi connectivity index (χ1v) is 7.46. The average molecular weight is 304 g/mol. The summed E-state index contributed by atoms with van der Waals surface area (Å²) in [4.78, 5) is 23.0. The van der Waals surface area contributed by atoms with Crippen LogP contribution in [-0.2, 0) is 16.0 Å². The SMILES string of the molecule is Cc1cccc2c1CC(C(=O)NCC1(O)CC(C(=O)O)C1)N2. The molecule has 1 unspecified atom stereocenters. The van der Waals surface area contributed by atoms with Gasteiger partial charge in [-0.15, -0.1) is 0 Å². The molecule has 118 valence electrons. The molecule has 1 aliphatic heterocycles. The second kappa shape index (κ2) is 5.28. The van der Waals surface area contributed by atoms with Crippen LogP contribution in [0.4, 0.5) is 5.69 Å². The van der Waals surface area contributed by atoms with Crippen molar-refractivity contribution in [1.82, 2.24) is 5.32 Å². The summed E-state index contributed by atoms with van der Waals surface area (Å²) in [7, 11) is 0. The first kappa shape index (κ1) is 14.8. The number of aliphatic carboxylic acids is 1. The second-order valence-corrected chi connectivity index (χ2v) is 6.39. The maximum absolute atomic E-state index is 12.2. The number of rotatable bonds is 4. The summed E-state index contributed by atoms with van der Waals surface area (Å²) in [6, 6.07) is 5.58. The number of amides is 1. The topological polar surface area (TPSA) is 98.7 Å². The highest BCUT2D eigenvalue weighted by Gasteiger charge is 2.46. The molecule has 1 aromatic carbocycles. The summed E-state index contributed by atoms with van der Waals surface area (Å²) in [6.07, 6.45) is 1.02. The molecule has 0 spiro atoms. The lowest BCUT2D eigenvalue weighted by Crippen LogP contribution is -2.55. The quantitative estimate of drug-likeness (QED) is 0.655. The van der Waals surface area contributed by atoms with E-state index in [1.807, 2.05) is 25.1 Å². The Hall–Kier alpha value is -2.08. The maximum atomic E-state index is 12.2.